The Hall–Kier alpha value is -1.65. The van der Waals surface area contributed by atoms with Gasteiger partial charge in [0, 0.05) is 5.69 Å². The summed E-state index contributed by atoms with van der Waals surface area (Å²) in [5.41, 5.74) is 2.86. The lowest BCUT2D eigenvalue weighted by Crippen LogP contribution is -1.71. The van der Waals surface area contributed by atoms with Gasteiger partial charge in [0.15, 0.2) is 5.82 Å². The monoisotopic (exact) mass is 226 g/mol. The van der Waals surface area contributed by atoms with Gasteiger partial charge in [-0.25, -0.2) is 4.39 Å². The van der Waals surface area contributed by atoms with Crippen LogP contribution in [0.25, 0.3) is 0 Å². The molecule has 4 nitrogen and oxygen atoms in total. The smallest absolute Gasteiger partial charge is 0.163 e. The van der Waals surface area contributed by atoms with Gasteiger partial charge in [-0.2, -0.15) is 10.2 Å². The van der Waals surface area contributed by atoms with Crippen LogP contribution in [-0.4, -0.2) is 20.4 Å². The van der Waals surface area contributed by atoms with Crippen LogP contribution in [0.4, 0.5) is 4.39 Å². The van der Waals surface area contributed by atoms with Gasteiger partial charge in [-0.05, 0) is 26.3 Å². The number of nitrogens with one attached hydrogen (secondary N) is 2. The van der Waals surface area contributed by atoms with Crippen molar-refractivity contribution < 1.29 is 4.39 Å². The number of halogens is 1. The molecule has 0 unspecified atom stereocenters. The van der Waals surface area contributed by atoms with E-state index < -0.39 is 0 Å². The second-order valence-electron chi connectivity index (χ2n) is 3.02. The van der Waals surface area contributed by atoms with Crippen LogP contribution >= 0.6 is 0 Å². The molecule has 0 aliphatic carbocycles. The number of nitrogens with zero attached hydrogens (tertiary/aromatic N) is 2. The summed E-state index contributed by atoms with van der Waals surface area (Å²) >= 11 is 0. The lowest BCUT2D eigenvalue weighted by atomic mass is 10.3. The summed E-state index contributed by atoms with van der Waals surface area (Å²) in [4.78, 5) is 0. The molecule has 0 amide bonds. The first kappa shape index (κ1) is 14.3. The van der Waals surface area contributed by atoms with Crippen molar-refractivity contribution in [1.82, 2.24) is 20.4 Å². The maximum absolute atomic E-state index is 12.0. The average Bonchev–Trinajstić information content (AvgIpc) is 2.83. The van der Waals surface area contributed by atoms with Crippen molar-refractivity contribution >= 4 is 0 Å². The Morgan fingerprint density at radius 3 is 1.56 bits per heavy atom. The van der Waals surface area contributed by atoms with E-state index in [0.717, 1.165) is 11.9 Å². The van der Waals surface area contributed by atoms with Gasteiger partial charge in [-0.3, -0.25) is 10.2 Å². The van der Waals surface area contributed by atoms with Gasteiger partial charge in [0.1, 0.15) is 0 Å². The third kappa shape index (κ3) is 4.72. The molecule has 5 heteroatoms. The Labute approximate surface area is 95.3 Å². The van der Waals surface area contributed by atoms with E-state index in [1.807, 2.05) is 33.9 Å². The zero-order valence-electron chi connectivity index (χ0n) is 10.4. The molecule has 0 fully saturated rings. The highest BCUT2D eigenvalue weighted by Gasteiger charge is 1.92. The normalized spacial score (nSPS) is 8.62. The molecule has 2 N–H and O–H groups in total. The molecule has 0 saturated heterocycles. The first-order valence-electron chi connectivity index (χ1n) is 5.23. The predicted molar refractivity (Wildman–Crippen MR) is 62.7 cm³/mol. The van der Waals surface area contributed by atoms with Gasteiger partial charge < -0.3 is 0 Å². The Bertz CT molecular complexity index is 321. The molecule has 2 rings (SSSR count). The van der Waals surface area contributed by atoms with E-state index in [1.165, 1.54) is 5.56 Å². The number of H-pyrrole nitrogens is 2. The highest BCUT2D eigenvalue weighted by molar-refractivity contribution is 5.10. The number of hydrogen-bond acceptors (Lipinski definition) is 2. The predicted octanol–water partition coefficient (Wildman–Crippen LogP) is 2.91. The van der Waals surface area contributed by atoms with Crippen LogP contribution < -0.4 is 0 Å². The molecule has 0 radical (unpaired) electrons. The number of aromatic amines is 2. The fraction of sp³-hybridized carbons (Fsp3) is 0.455. The molecule has 2 aromatic rings. The summed E-state index contributed by atoms with van der Waals surface area (Å²) in [5, 5.41) is 12.5. The van der Waals surface area contributed by atoms with Crippen molar-refractivity contribution in [1.29, 1.82) is 0 Å². The summed E-state index contributed by atoms with van der Waals surface area (Å²) in [7, 11) is 0. The molecular weight excluding hydrogens is 207 g/mol. The van der Waals surface area contributed by atoms with Crippen LogP contribution in [0.3, 0.4) is 0 Å². The fourth-order valence-corrected chi connectivity index (χ4v) is 0.747. The Morgan fingerprint density at radius 1 is 0.938 bits per heavy atom. The molecule has 0 saturated carbocycles. The third-order valence-corrected chi connectivity index (χ3v) is 1.85. The number of aromatic nitrogens is 4. The van der Waals surface area contributed by atoms with Crippen molar-refractivity contribution in [2.45, 2.75) is 34.6 Å². The van der Waals surface area contributed by atoms with E-state index in [1.54, 1.807) is 6.92 Å². The number of rotatable bonds is 0. The minimum atomic E-state index is -0.278. The van der Waals surface area contributed by atoms with Crippen molar-refractivity contribution in [3.63, 3.8) is 0 Å². The van der Waals surface area contributed by atoms with Crippen LogP contribution in [0, 0.1) is 26.6 Å². The summed E-state index contributed by atoms with van der Waals surface area (Å²) in [6.07, 6.45) is 2.96. The largest absolute Gasteiger partial charge is 0.283 e. The van der Waals surface area contributed by atoms with Gasteiger partial charge in [-0.1, -0.05) is 13.8 Å². The second kappa shape index (κ2) is 7.62. The third-order valence-electron chi connectivity index (χ3n) is 1.85. The van der Waals surface area contributed by atoms with E-state index in [4.69, 9.17) is 0 Å². The minimum Gasteiger partial charge on any atom is -0.283 e. The second-order valence-corrected chi connectivity index (χ2v) is 3.02. The van der Waals surface area contributed by atoms with E-state index >= 15 is 0 Å². The maximum atomic E-state index is 12.0. The summed E-state index contributed by atoms with van der Waals surface area (Å²) in [6.45, 7) is 9.66. The van der Waals surface area contributed by atoms with Crippen molar-refractivity contribution in [2.24, 2.45) is 0 Å². The number of hydrogen-bond donors (Lipinski definition) is 2. The zero-order valence-corrected chi connectivity index (χ0v) is 10.4. The molecule has 0 spiro atoms. The van der Waals surface area contributed by atoms with Crippen molar-refractivity contribution in [3.05, 3.63) is 35.2 Å². The SMILES string of the molecule is CC.Cc1[nH]ncc1F.Cc1cn[nH]c1C. The Kier molecular flexibility index (Phi) is 6.83. The molecule has 16 heavy (non-hydrogen) atoms. The Balaban J connectivity index is 0.000000244. The van der Waals surface area contributed by atoms with Gasteiger partial charge in [-0.15, -0.1) is 0 Å². The van der Waals surface area contributed by atoms with Crippen LogP contribution in [-0.2, 0) is 0 Å². The molecule has 90 valence electrons. The quantitative estimate of drug-likeness (QED) is 0.725. The molecule has 2 heterocycles. The van der Waals surface area contributed by atoms with Crippen LogP contribution in [0.5, 0.6) is 0 Å². The first-order valence-corrected chi connectivity index (χ1v) is 5.23. The van der Waals surface area contributed by atoms with Crippen molar-refractivity contribution in [2.75, 3.05) is 0 Å². The van der Waals surface area contributed by atoms with E-state index in [-0.39, 0.29) is 5.82 Å². The highest BCUT2D eigenvalue weighted by Crippen LogP contribution is 1.96. The Morgan fingerprint density at radius 2 is 1.44 bits per heavy atom. The van der Waals surface area contributed by atoms with Crippen LogP contribution in [0.1, 0.15) is 30.8 Å². The topological polar surface area (TPSA) is 57.4 Å². The lowest BCUT2D eigenvalue weighted by Gasteiger charge is -1.78. The molecule has 0 aliphatic heterocycles. The standard InChI is InChI=1S/C5H8N2.C4H5FN2.C2H6/c1-4-3-6-7-5(4)2;1-3-4(5)2-6-7-3;1-2/h3H,1-2H3,(H,6,7);2H,1H3,(H,6,7);1-2H3. The molecule has 0 bridgehead atoms. The fourth-order valence-electron chi connectivity index (χ4n) is 0.747. The highest BCUT2D eigenvalue weighted by atomic mass is 19.1. The lowest BCUT2D eigenvalue weighted by molar-refractivity contribution is 0.619. The van der Waals surface area contributed by atoms with E-state index in [9.17, 15) is 4.39 Å². The molecule has 2 aromatic heterocycles. The average molecular weight is 226 g/mol. The summed E-state index contributed by atoms with van der Waals surface area (Å²) < 4.78 is 12.0. The van der Waals surface area contributed by atoms with Gasteiger partial charge in [0.2, 0.25) is 0 Å². The molecule has 0 atom stereocenters. The van der Waals surface area contributed by atoms with Crippen LogP contribution in [0.15, 0.2) is 12.4 Å². The van der Waals surface area contributed by atoms with Gasteiger partial charge >= 0.3 is 0 Å². The van der Waals surface area contributed by atoms with Gasteiger partial charge in [0.25, 0.3) is 0 Å². The maximum Gasteiger partial charge on any atom is 0.163 e. The summed E-state index contributed by atoms with van der Waals surface area (Å²) in [6, 6.07) is 0. The van der Waals surface area contributed by atoms with E-state index in [2.05, 4.69) is 20.4 Å². The number of aryl methyl sites for hydroxylation is 3. The van der Waals surface area contributed by atoms with Crippen LogP contribution in [0.2, 0.25) is 0 Å². The first-order chi connectivity index (χ1) is 7.61. The van der Waals surface area contributed by atoms with Crippen molar-refractivity contribution in [3.8, 4) is 0 Å². The molecule has 0 aromatic carbocycles. The van der Waals surface area contributed by atoms with Gasteiger partial charge in [0.05, 0.1) is 18.1 Å². The van der Waals surface area contributed by atoms with E-state index in [0.29, 0.717) is 5.69 Å². The minimum absolute atomic E-state index is 0.278. The molecule has 0 aliphatic rings. The zero-order chi connectivity index (χ0) is 12.6. The summed E-state index contributed by atoms with van der Waals surface area (Å²) in [5.74, 6) is -0.278. The molecular formula is C11H19FN4.